The summed E-state index contributed by atoms with van der Waals surface area (Å²) in [5.41, 5.74) is 0. The molecule has 1 atom stereocenters. The summed E-state index contributed by atoms with van der Waals surface area (Å²) in [5.74, 6) is -0.858. The van der Waals surface area contributed by atoms with Crippen LogP contribution in [0.4, 0.5) is 0 Å². The predicted octanol–water partition coefficient (Wildman–Crippen LogP) is 2.35. The van der Waals surface area contributed by atoms with Crippen molar-refractivity contribution in [3.8, 4) is 0 Å². The Kier molecular flexibility index (Phi) is 6.18. The van der Waals surface area contributed by atoms with Crippen LogP contribution in [-0.4, -0.2) is 30.8 Å². The van der Waals surface area contributed by atoms with Crippen LogP contribution in [0.2, 0.25) is 0 Å². The van der Waals surface area contributed by atoms with Crippen LogP contribution < -0.4 is 5.32 Å². The van der Waals surface area contributed by atoms with Gasteiger partial charge < -0.3 is 15.2 Å². The first-order valence-electron chi connectivity index (χ1n) is 5.71. The number of hydrogen-bond donors (Lipinski definition) is 2. The third kappa shape index (κ3) is 4.85. The third-order valence-electron chi connectivity index (χ3n) is 2.44. The molecule has 1 aromatic rings. The minimum absolute atomic E-state index is 0.334. The molecule has 96 valence electrons. The number of carbonyl (C=O) groups is 1. The molecule has 0 saturated carbocycles. The van der Waals surface area contributed by atoms with Crippen molar-refractivity contribution in [2.45, 2.75) is 32.4 Å². The fraction of sp³-hybridized carbons (Fsp3) is 0.583. The van der Waals surface area contributed by atoms with E-state index in [0.29, 0.717) is 24.1 Å². The van der Waals surface area contributed by atoms with Crippen molar-refractivity contribution in [3.05, 3.63) is 21.9 Å². The van der Waals surface area contributed by atoms with Gasteiger partial charge in [0.25, 0.3) is 0 Å². The van der Waals surface area contributed by atoms with Gasteiger partial charge in [-0.1, -0.05) is 13.3 Å². The first-order chi connectivity index (χ1) is 8.17. The average molecular weight is 257 g/mol. The molecule has 1 unspecified atom stereocenters. The number of thiophene rings is 1. The Morgan fingerprint density at radius 3 is 2.88 bits per heavy atom. The summed E-state index contributed by atoms with van der Waals surface area (Å²) in [5, 5.41) is 12.2. The monoisotopic (exact) mass is 257 g/mol. The number of carboxylic acid groups (broad SMARTS) is 1. The van der Waals surface area contributed by atoms with Crippen LogP contribution in [0.15, 0.2) is 12.1 Å². The quantitative estimate of drug-likeness (QED) is 0.750. The Morgan fingerprint density at radius 1 is 1.59 bits per heavy atom. The molecule has 1 aromatic heterocycles. The largest absolute Gasteiger partial charge is 0.477 e. The van der Waals surface area contributed by atoms with Crippen LogP contribution in [0.25, 0.3) is 0 Å². The number of aromatic carboxylic acids is 1. The smallest absolute Gasteiger partial charge is 0.345 e. The first-order valence-corrected chi connectivity index (χ1v) is 6.53. The van der Waals surface area contributed by atoms with Gasteiger partial charge in [0.2, 0.25) is 0 Å². The number of rotatable bonds is 8. The average Bonchev–Trinajstić information content (AvgIpc) is 2.75. The van der Waals surface area contributed by atoms with Crippen LogP contribution in [0.3, 0.4) is 0 Å². The van der Waals surface area contributed by atoms with Gasteiger partial charge in [-0.15, -0.1) is 11.3 Å². The lowest BCUT2D eigenvalue weighted by molar-refractivity contribution is 0.0702. The van der Waals surface area contributed by atoms with E-state index in [-0.39, 0.29) is 0 Å². The van der Waals surface area contributed by atoms with Gasteiger partial charge in [0.1, 0.15) is 4.88 Å². The molecule has 0 aromatic carbocycles. The standard InChI is InChI=1S/C12H19NO3S/c1-3-4-9(8-16-2)13-7-10-5-6-11(17-10)12(14)15/h5-6,9,13H,3-4,7-8H2,1-2H3,(H,14,15). The summed E-state index contributed by atoms with van der Waals surface area (Å²) >= 11 is 1.32. The van der Waals surface area contributed by atoms with E-state index in [1.807, 2.05) is 6.07 Å². The molecule has 0 saturated heterocycles. The van der Waals surface area contributed by atoms with Crippen molar-refractivity contribution in [2.24, 2.45) is 0 Å². The second-order valence-corrected chi connectivity index (χ2v) is 5.06. The lowest BCUT2D eigenvalue weighted by Crippen LogP contribution is -2.32. The maximum absolute atomic E-state index is 10.7. The molecular formula is C12H19NO3S. The molecule has 0 bridgehead atoms. The van der Waals surface area contributed by atoms with Gasteiger partial charge in [0.05, 0.1) is 6.61 Å². The Balaban J connectivity index is 2.44. The third-order valence-corrected chi connectivity index (χ3v) is 3.52. The number of methoxy groups -OCH3 is 1. The van der Waals surface area contributed by atoms with E-state index in [1.165, 1.54) is 11.3 Å². The highest BCUT2D eigenvalue weighted by Gasteiger charge is 2.09. The first kappa shape index (κ1) is 14.2. The van der Waals surface area contributed by atoms with Crippen molar-refractivity contribution in [1.82, 2.24) is 5.32 Å². The minimum Gasteiger partial charge on any atom is -0.477 e. The van der Waals surface area contributed by atoms with Crippen LogP contribution in [0.5, 0.6) is 0 Å². The van der Waals surface area contributed by atoms with Crippen molar-refractivity contribution in [2.75, 3.05) is 13.7 Å². The molecular weight excluding hydrogens is 238 g/mol. The van der Waals surface area contributed by atoms with E-state index in [9.17, 15) is 4.79 Å². The Bertz CT molecular complexity index is 345. The van der Waals surface area contributed by atoms with E-state index in [0.717, 1.165) is 17.7 Å². The van der Waals surface area contributed by atoms with Crippen LogP contribution in [-0.2, 0) is 11.3 Å². The summed E-state index contributed by atoms with van der Waals surface area (Å²) in [4.78, 5) is 12.2. The molecule has 0 aliphatic rings. The zero-order valence-corrected chi connectivity index (χ0v) is 11.0. The molecule has 0 fully saturated rings. The Morgan fingerprint density at radius 2 is 2.35 bits per heavy atom. The van der Waals surface area contributed by atoms with E-state index < -0.39 is 5.97 Å². The highest BCUT2D eigenvalue weighted by atomic mass is 32.1. The highest BCUT2D eigenvalue weighted by Crippen LogP contribution is 2.16. The van der Waals surface area contributed by atoms with Crippen LogP contribution in [0, 0.1) is 0 Å². The number of carboxylic acids is 1. The second kappa shape index (κ2) is 7.42. The molecule has 0 aliphatic carbocycles. The SMILES string of the molecule is CCCC(COC)NCc1ccc(C(=O)O)s1. The molecule has 0 aliphatic heterocycles. The summed E-state index contributed by atoms with van der Waals surface area (Å²) in [7, 11) is 1.69. The van der Waals surface area contributed by atoms with Gasteiger partial charge in [-0.3, -0.25) is 0 Å². The van der Waals surface area contributed by atoms with Crippen LogP contribution >= 0.6 is 11.3 Å². The molecule has 17 heavy (non-hydrogen) atoms. The predicted molar refractivity (Wildman–Crippen MR) is 68.7 cm³/mol. The van der Waals surface area contributed by atoms with Gasteiger partial charge >= 0.3 is 5.97 Å². The Labute approximate surface area is 106 Å². The highest BCUT2D eigenvalue weighted by molar-refractivity contribution is 7.13. The molecule has 5 heteroatoms. The van der Waals surface area contributed by atoms with E-state index in [1.54, 1.807) is 13.2 Å². The molecule has 4 nitrogen and oxygen atoms in total. The fourth-order valence-corrected chi connectivity index (χ4v) is 2.42. The maximum Gasteiger partial charge on any atom is 0.345 e. The summed E-state index contributed by atoms with van der Waals surface area (Å²) in [6, 6.07) is 3.84. The molecule has 1 heterocycles. The normalized spacial score (nSPS) is 12.6. The number of ether oxygens (including phenoxy) is 1. The summed E-state index contributed by atoms with van der Waals surface area (Å²) in [6.45, 7) is 3.52. The van der Waals surface area contributed by atoms with Crippen molar-refractivity contribution >= 4 is 17.3 Å². The minimum atomic E-state index is -0.858. The lowest BCUT2D eigenvalue weighted by Gasteiger charge is -2.16. The van der Waals surface area contributed by atoms with E-state index >= 15 is 0 Å². The van der Waals surface area contributed by atoms with E-state index in [4.69, 9.17) is 9.84 Å². The van der Waals surface area contributed by atoms with Crippen molar-refractivity contribution in [3.63, 3.8) is 0 Å². The summed E-state index contributed by atoms with van der Waals surface area (Å²) < 4.78 is 5.14. The molecule has 0 spiro atoms. The number of nitrogens with one attached hydrogen (secondary N) is 1. The molecule has 1 rings (SSSR count). The summed E-state index contributed by atoms with van der Waals surface area (Å²) in [6.07, 6.45) is 2.16. The number of hydrogen-bond acceptors (Lipinski definition) is 4. The van der Waals surface area contributed by atoms with Gasteiger partial charge in [0, 0.05) is 24.6 Å². The molecule has 2 N–H and O–H groups in total. The second-order valence-electron chi connectivity index (χ2n) is 3.89. The molecule has 0 radical (unpaired) electrons. The Hall–Kier alpha value is -0.910. The lowest BCUT2D eigenvalue weighted by atomic mass is 10.2. The fourth-order valence-electron chi connectivity index (χ4n) is 1.63. The van der Waals surface area contributed by atoms with Gasteiger partial charge in [-0.2, -0.15) is 0 Å². The maximum atomic E-state index is 10.7. The van der Waals surface area contributed by atoms with Crippen molar-refractivity contribution < 1.29 is 14.6 Å². The van der Waals surface area contributed by atoms with Gasteiger partial charge in [-0.05, 0) is 18.6 Å². The topological polar surface area (TPSA) is 58.6 Å². The zero-order valence-electron chi connectivity index (χ0n) is 10.2. The van der Waals surface area contributed by atoms with Crippen molar-refractivity contribution in [1.29, 1.82) is 0 Å². The zero-order chi connectivity index (χ0) is 12.7. The molecule has 0 amide bonds. The van der Waals surface area contributed by atoms with Gasteiger partial charge in [0.15, 0.2) is 0 Å². The van der Waals surface area contributed by atoms with Gasteiger partial charge in [-0.25, -0.2) is 4.79 Å². The van der Waals surface area contributed by atoms with E-state index in [2.05, 4.69) is 12.2 Å². The van der Waals surface area contributed by atoms with Crippen LogP contribution in [0.1, 0.15) is 34.3 Å².